The lowest BCUT2D eigenvalue weighted by Crippen LogP contribution is -2.38. The minimum atomic E-state index is -4.66. The van der Waals surface area contributed by atoms with Gasteiger partial charge in [-0.1, -0.05) is 72.8 Å². The molecule has 0 unspecified atom stereocenters. The maximum Gasteiger partial charge on any atom is 0.355 e. The molecule has 0 aliphatic carbocycles. The maximum atomic E-state index is 12.5. The lowest BCUT2D eigenvalue weighted by atomic mass is 10.0. The highest BCUT2D eigenvalue weighted by Gasteiger charge is 2.33. The van der Waals surface area contributed by atoms with E-state index in [-0.39, 0.29) is 40.8 Å². The fourth-order valence-corrected chi connectivity index (χ4v) is 4.71. The normalized spacial score (nSPS) is 14.0. The third kappa shape index (κ3) is 5.83. The summed E-state index contributed by atoms with van der Waals surface area (Å²) in [5.74, 6) is -1.62. The van der Waals surface area contributed by atoms with Crippen molar-refractivity contribution in [3.63, 3.8) is 0 Å². The van der Waals surface area contributed by atoms with Crippen LogP contribution in [0.15, 0.2) is 89.0 Å². The van der Waals surface area contributed by atoms with E-state index in [9.17, 15) is 22.6 Å². The molecule has 0 saturated heterocycles. The van der Waals surface area contributed by atoms with Crippen molar-refractivity contribution in [1.82, 2.24) is 0 Å². The van der Waals surface area contributed by atoms with E-state index in [0.717, 1.165) is 30.9 Å². The molecular formula is C28H25NO8S. The van der Waals surface area contributed by atoms with E-state index in [4.69, 9.17) is 14.2 Å². The van der Waals surface area contributed by atoms with Crippen LogP contribution in [0.1, 0.15) is 11.1 Å². The minimum Gasteiger partial charge on any atom is -0.466 e. The van der Waals surface area contributed by atoms with Gasteiger partial charge in [0.15, 0.2) is 0 Å². The van der Waals surface area contributed by atoms with Gasteiger partial charge in [0, 0.05) is 5.69 Å². The molecule has 3 aromatic rings. The maximum absolute atomic E-state index is 12.5. The molecule has 4 rings (SSSR count). The average molecular weight is 536 g/mol. The van der Waals surface area contributed by atoms with Crippen molar-refractivity contribution in [1.29, 1.82) is 0 Å². The summed E-state index contributed by atoms with van der Waals surface area (Å²) in [4.78, 5) is 25.7. The Balaban J connectivity index is 1.69. The SMILES string of the molecule is COC(=O)C1=C(C(=O)OC)N(c2ccc(C=Cc3ccc(-c4ccccc4)cc3)c(S(=O)(=O)O)c2)COC1. The number of benzene rings is 3. The molecule has 0 spiro atoms. The van der Waals surface area contributed by atoms with Crippen LogP contribution < -0.4 is 4.90 Å². The van der Waals surface area contributed by atoms with Crippen LogP contribution in [-0.4, -0.2) is 52.5 Å². The third-order valence-corrected chi connectivity index (χ3v) is 6.80. The third-order valence-electron chi connectivity index (χ3n) is 5.89. The lowest BCUT2D eigenvalue weighted by molar-refractivity contribution is -0.140. The van der Waals surface area contributed by atoms with E-state index in [1.807, 2.05) is 54.6 Å². The number of hydrogen-bond donors (Lipinski definition) is 1. The van der Waals surface area contributed by atoms with Gasteiger partial charge in [-0.3, -0.25) is 4.55 Å². The summed E-state index contributed by atoms with van der Waals surface area (Å²) in [5.41, 5.74) is 3.11. The Morgan fingerprint density at radius 1 is 0.895 bits per heavy atom. The predicted molar refractivity (Wildman–Crippen MR) is 141 cm³/mol. The van der Waals surface area contributed by atoms with Crippen molar-refractivity contribution in [3.8, 4) is 11.1 Å². The molecular weight excluding hydrogens is 510 g/mol. The quantitative estimate of drug-likeness (QED) is 0.270. The van der Waals surface area contributed by atoms with Crippen LogP contribution in [-0.2, 0) is 33.9 Å². The molecule has 0 amide bonds. The summed E-state index contributed by atoms with van der Waals surface area (Å²) in [6, 6.07) is 21.8. The molecule has 3 aromatic carbocycles. The zero-order chi connectivity index (χ0) is 27.3. The fraction of sp³-hybridized carbons (Fsp3) is 0.143. The zero-order valence-electron chi connectivity index (χ0n) is 20.7. The summed E-state index contributed by atoms with van der Waals surface area (Å²) >= 11 is 0. The highest BCUT2D eigenvalue weighted by molar-refractivity contribution is 7.86. The van der Waals surface area contributed by atoms with Crippen LogP contribution in [0, 0.1) is 0 Å². The number of carbonyl (C=O) groups excluding carboxylic acids is 2. The molecule has 0 radical (unpaired) electrons. The highest BCUT2D eigenvalue weighted by atomic mass is 32.2. The first kappa shape index (κ1) is 26.8. The van der Waals surface area contributed by atoms with Gasteiger partial charge in [0.2, 0.25) is 0 Å². The first-order chi connectivity index (χ1) is 18.2. The monoisotopic (exact) mass is 535 g/mol. The van der Waals surface area contributed by atoms with Crippen molar-refractivity contribution in [3.05, 3.63) is 95.2 Å². The van der Waals surface area contributed by atoms with E-state index in [2.05, 4.69) is 0 Å². The Morgan fingerprint density at radius 3 is 2.18 bits per heavy atom. The fourth-order valence-electron chi connectivity index (χ4n) is 4.00. The minimum absolute atomic E-state index is 0.0815. The molecule has 0 saturated carbocycles. The molecule has 38 heavy (non-hydrogen) atoms. The summed E-state index contributed by atoms with van der Waals surface area (Å²) < 4.78 is 49.5. The van der Waals surface area contributed by atoms with Crippen LogP contribution in [0.2, 0.25) is 0 Å². The molecule has 0 fully saturated rings. The molecule has 196 valence electrons. The second-order valence-electron chi connectivity index (χ2n) is 8.23. The molecule has 1 heterocycles. The van der Waals surface area contributed by atoms with Gasteiger partial charge in [-0.2, -0.15) is 8.42 Å². The first-order valence-electron chi connectivity index (χ1n) is 11.4. The smallest absolute Gasteiger partial charge is 0.355 e. The van der Waals surface area contributed by atoms with Crippen molar-refractivity contribution in [2.24, 2.45) is 0 Å². The Hall–Kier alpha value is -4.25. The van der Waals surface area contributed by atoms with E-state index in [0.29, 0.717) is 0 Å². The Labute approximate surface area is 220 Å². The molecule has 1 aliphatic rings. The first-order valence-corrected chi connectivity index (χ1v) is 12.9. The average Bonchev–Trinajstić information content (AvgIpc) is 2.95. The van der Waals surface area contributed by atoms with Crippen molar-refractivity contribution in [2.45, 2.75) is 4.90 Å². The summed E-state index contributed by atoms with van der Waals surface area (Å²) in [6.45, 7) is -0.360. The standard InChI is InChI=1S/C28H25NO8S/c1-35-27(30)24-17-37-18-29(26(24)28(31)36-2)23-15-14-22(25(16-23)38(32,33)34)13-10-19-8-11-21(12-9-19)20-6-4-3-5-7-20/h3-16H,17-18H2,1-2H3,(H,32,33,34). The number of anilines is 1. The van der Waals surface area contributed by atoms with Crippen LogP contribution in [0.4, 0.5) is 5.69 Å². The number of nitrogens with zero attached hydrogens (tertiary/aromatic N) is 1. The summed E-state index contributed by atoms with van der Waals surface area (Å²) in [5, 5.41) is 0. The van der Waals surface area contributed by atoms with E-state index in [1.165, 1.54) is 17.0 Å². The Bertz CT molecular complexity index is 1510. The topological polar surface area (TPSA) is 119 Å². The molecule has 0 aromatic heterocycles. The molecule has 9 nitrogen and oxygen atoms in total. The van der Waals surface area contributed by atoms with Crippen molar-refractivity contribution >= 4 is 39.9 Å². The van der Waals surface area contributed by atoms with E-state index >= 15 is 0 Å². The van der Waals surface area contributed by atoms with Crippen molar-refractivity contribution in [2.75, 3.05) is 32.5 Å². The van der Waals surface area contributed by atoms with Crippen LogP contribution in [0.5, 0.6) is 0 Å². The van der Waals surface area contributed by atoms with Gasteiger partial charge in [-0.15, -0.1) is 0 Å². The summed E-state index contributed by atoms with van der Waals surface area (Å²) in [7, 11) is -2.34. The van der Waals surface area contributed by atoms with Crippen LogP contribution in [0.25, 0.3) is 23.3 Å². The van der Waals surface area contributed by atoms with Gasteiger partial charge in [-0.25, -0.2) is 9.59 Å². The Morgan fingerprint density at radius 2 is 1.55 bits per heavy atom. The van der Waals surface area contributed by atoms with Gasteiger partial charge in [-0.05, 0) is 34.4 Å². The van der Waals surface area contributed by atoms with Crippen LogP contribution in [0.3, 0.4) is 0 Å². The van der Waals surface area contributed by atoms with Gasteiger partial charge < -0.3 is 19.1 Å². The zero-order valence-corrected chi connectivity index (χ0v) is 21.5. The van der Waals surface area contributed by atoms with Crippen LogP contribution >= 0.6 is 0 Å². The second kappa shape index (κ2) is 11.4. The molecule has 1 aliphatic heterocycles. The number of hydrogen-bond acceptors (Lipinski definition) is 8. The number of methoxy groups -OCH3 is 2. The van der Waals surface area contributed by atoms with E-state index in [1.54, 1.807) is 18.2 Å². The van der Waals surface area contributed by atoms with E-state index < -0.39 is 22.1 Å². The van der Waals surface area contributed by atoms with Gasteiger partial charge in [0.05, 0.1) is 26.4 Å². The number of rotatable bonds is 7. The number of carbonyl (C=O) groups is 2. The van der Waals surface area contributed by atoms with Crippen molar-refractivity contribution < 1.29 is 36.8 Å². The molecule has 0 bridgehead atoms. The number of esters is 2. The molecule has 0 atom stereocenters. The predicted octanol–water partition coefficient (Wildman–Crippen LogP) is 4.16. The number of ether oxygens (including phenoxy) is 3. The van der Waals surface area contributed by atoms with Gasteiger partial charge >= 0.3 is 11.9 Å². The molecule has 10 heteroatoms. The Kier molecular flexibility index (Phi) is 8.06. The lowest BCUT2D eigenvalue weighted by Gasteiger charge is -2.31. The second-order valence-corrected chi connectivity index (χ2v) is 9.62. The molecule has 1 N–H and O–H groups in total. The largest absolute Gasteiger partial charge is 0.466 e. The van der Waals surface area contributed by atoms with Gasteiger partial charge in [0.25, 0.3) is 10.1 Å². The summed E-state index contributed by atoms with van der Waals surface area (Å²) in [6.07, 6.45) is 3.28. The highest BCUT2D eigenvalue weighted by Crippen LogP contribution is 2.31. The van der Waals surface area contributed by atoms with Gasteiger partial charge in [0.1, 0.15) is 17.3 Å².